The molecule has 0 bridgehead atoms. The van der Waals surface area contributed by atoms with Gasteiger partial charge in [0.05, 0.1) is 10.5 Å². The highest BCUT2D eigenvalue weighted by atomic mass is 32.2. The molecule has 20 heavy (non-hydrogen) atoms. The number of nitrogens with one attached hydrogen (secondary N) is 1. The van der Waals surface area contributed by atoms with Gasteiger partial charge in [-0.1, -0.05) is 12.1 Å². The molecule has 0 aromatic heterocycles. The number of hydrogen-bond donors (Lipinski definition) is 2. The highest BCUT2D eigenvalue weighted by molar-refractivity contribution is 7.89. The molecule has 1 fully saturated rings. The molecule has 1 saturated heterocycles. The zero-order chi connectivity index (χ0) is 14.8. The number of piperidine rings is 1. The normalized spacial score (nSPS) is 19.9. The zero-order valence-corrected chi connectivity index (χ0v) is 12.8. The fraction of sp³-hybridized carbons (Fsp3) is 0.571. The average Bonchev–Trinajstić information content (AvgIpc) is 2.39. The lowest BCUT2D eigenvalue weighted by Gasteiger charge is -2.34. The lowest BCUT2D eigenvalue weighted by atomic mass is 9.95. The molecule has 1 heterocycles. The summed E-state index contributed by atoms with van der Waals surface area (Å²) in [6.07, 6.45) is 0.953. The first-order chi connectivity index (χ1) is 9.35. The summed E-state index contributed by atoms with van der Waals surface area (Å²) in [5.74, 6) is 0. The van der Waals surface area contributed by atoms with Crippen molar-refractivity contribution in [3.63, 3.8) is 0 Å². The molecule has 1 aromatic carbocycles. The van der Waals surface area contributed by atoms with E-state index in [1.807, 2.05) is 19.2 Å². The Kier molecular flexibility index (Phi) is 4.49. The third-order valence-corrected chi connectivity index (χ3v) is 5.65. The Bertz CT molecular complexity index is 542. The minimum atomic E-state index is -3.44. The molecule has 112 valence electrons. The predicted octanol–water partition coefficient (Wildman–Crippen LogP) is 0.941. The summed E-state index contributed by atoms with van der Waals surface area (Å²) >= 11 is 0. The van der Waals surface area contributed by atoms with Crippen LogP contribution in [0.4, 0.5) is 0 Å². The number of nitrogens with zero attached hydrogens (tertiary/aromatic N) is 1. The summed E-state index contributed by atoms with van der Waals surface area (Å²) < 4.78 is 26.4. The van der Waals surface area contributed by atoms with Crippen molar-refractivity contribution in [2.24, 2.45) is 0 Å². The van der Waals surface area contributed by atoms with Gasteiger partial charge in [0.15, 0.2) is 0 Å². The van der Waals surface area contributed by atoms with Crippen LogP contribution in [0.3, 0.4) is 0 Å². The minimum absolute atomic E-state index is 0.318. The second-order valence-corrected chi connectivity index (χ2v) is 7.51. The summed E-state index contributed by atoms with van der Waals surface area (Å²) in [5.41, 5.74) is 0.302. The quantitative estimate of drug-likeness (QED) is 0.868. The Balaban J connectivity index is 2.14. The summed E-state index contributed by atoms with van der Waals surface area (Å²) in [5, 5.41) is 12.9. The van der Waals surface area contributed by atoms with Crippen LogP contribution in [-0.4, -0.2) is 43.6 Å². The standard InChI is InChI=1S/C14H22N2O3S/c1-14(17)7-9-16(10-8-14)20(18,19)13-5-3-12(4-6-13)11-15-2/h3-6,15,17H,7-11H2,1-2H3. The molecule has 1 aliphatic rings. The number of rotatable bonds is 4. The van der Waals surface area contributed by atoms with E-state index in [2.05, 4.69) is 5.32 Å². The molecule has 0 aliphatic carbocycles. The van der Waals surface area contributed by atoms with Gasteiger partial charge < -0.3 is 10.4 Å². The van der Waals surface area contributed by atoms with Crippen LogP contribution in [0.15, 0.2) is 29.2 Å². The summed E-state index contributed by atoms with van der Waals surface area (Å²) in [6, 6.07) is 6.94. The first-order valence-corrected chi connectivity index (χ1v) is 8.25. The molecule has 0 saturated carbocycles. The van der Waals surface area contributed by atoms with E-state index in [4.69, 9.17) is 0 Å². The second-order valence-electron chi connectivity index (χ2n) is 5.58. The van der Waals surface area contributed by atoms with E-state index in [1.165, 1.54) is 4.31 Å². The molecular weight excluding hydrogens is 276 g/mol. The highest BCUT2D eigenvalue weighted by Gasteiger charge is 2.33. The van der Waals surface area contributed by atoms with Gasteiger partial charge in [-0.25, -0.2) is 8.42 Å². The molecule has 0 spiro atoms. The average molecular weight is 298 g/mol. The Morgan fingerprint density at radius 1 is 1.25 bits per heavy atom. The molecule has 0 unspecified atom stereocenters. The van der Waals surface area contributed by atoms with Crippen molar-refractivity contribution >= 4 is 10.0 Å². The van der Waals surface area contributed by atoms with Crippen LogP contribution in [0.1, 0.15) is 25.3 Å². The van der Waals surface area contributed by atoms with E-state index in [9.17, 15) is 13.5 Å². The number of hydrogen-bond acceptors (Lipinski definition) is 4. The predicted molar refractivity (Wildman–Crippen MR) is 77.8 cm³/mol. The van der Waals surface area contributed by atoms with Gasteiger partial charge in [0.25, 0.3) is 0 Å². The van der Waals surface area contributed by atoms with Crippen LogP contribution < -0.4 is 5.32 Å². The SMILES string of the molecule is CNCc1ccc(S(=O)(=O)N2CCC(C)(O)CC2)cc1. The van der Waals surface area contributed by atoms with Gasteiger partial charge >= 0.3 is 0 Å². The summed E-state index contributed by atoms with van der Waals surface area (Å²) in [4.78, 5) is 0.318. The van der Waals surface area contributed by atoms with Crippen LogP contribution >= 0.6 is 0 Å². The monoisotopic (exact) mass is 298 g/mol. The van der Waals surface area contributed by atoms with Crippen molar-refractivity contribution < 1.29 is 13.5 Å². The topological polar surface area (TPSA) is 69.6 Å². The molecule has 6 heteroatoms. The minimum Gasteiger partial charge on any atom is -0.390 e. The fourth-order valence-corrected chi connectivity index (χ4v) is 3.78. The van der Waals surface area contributed by atoms with Gasteiger partial charge in [-0.3, -0.25) is 0 Å². The van der Waals surface area contributed by atoms with E-state index < -0.39 is 15.6 Å². The van der Waals surface area contributed by atoms with Crippen molar-refractivity contribution in [3.8, 4) is 0 Å². The molecule has 2 rings (SSSR count). The van der Waals surface area contributed by atoms with Crippen LogP contribution in [0, 0.1) is 0 Å². The van der Waals surface area contributed by atoms with Crippen LogP contribution in [0.25, 0.3) is 0 Å². The van der Waals surface area contributed by atoms with Crippen molar-refractivity contribution in [1.29, 1.82) is 0 Å². The lowest BCUT2D eigenvalue weighted by Crippen LogP contribution is -2.45. The fourth-order valence-electron chi connectivity index (χ4n) is 2.34. The summed E-state index contributed by atoms with van der Waals surface area (Å²) in [6.45, 7) is 3.21. The molecule has 2 N–H and O–H groups in total. The zero-order valence-electron chi connectivity index (χ0n) is 12.0. The third kappa shape index (κ3) is 3.38. The first kappa shape index (κ1) is 15.4. The van der Waals surface area contributed by atoms with Crippen molar-refractivity contribution in [3.05, 3.63) is 29.8 Å². The molecule has 0 radical (unpaired) electrons. The van der Waals surface area contributed by atoms with E-state index in [1.54, 1.807) is 19.1 Å². The van der Waals surface area contributed by atoms with E-state index in [0.29, 0.717) is 37.4 Å². The van der Waals surface area contributed by atoms with Crippen LogP contribution in [-0.2, 0) is 16.6 Å². The van der Waals surface area contributed by atoms with Gasteiger partial charge in [-0.05, 0) is 44.5 Å². The van der Waals surface area contributed by atoms with Crippen molar-refractivity contribution in [1.82, 2.24) is 9.62 Å². The maximum atomic E-state index is 12.5. The number of sulfonamides is 1. The highest BCUT2D eigenvalue weighted by Crippen LogP contribution is 2.26. The largest absolute Gasteiger partial charge is 0.390 e. The van der Waals surface area contributed by atoms with Gasteiger partial charge in [0, 0.05) is 19.6 Å². The van der Waals surface area contributed by atoms with Crippen LogP contribution in [0.5, 0.6) is 0 Å². The number of benzene rings is 1. The van der Waals surface area contributed by atoms with Crippen LogP contribution in [0.2, 0.25) is 0 Å². The molecule has 1 aromatic rings. The molecular formula is C14H22N2O3S. The Hall–Kier alpha value is -0.950. The maximum Gasteiger partial charge on any atom is 0.243 e. The Labute approximate surface area is 120 Å². The number of aliphatic hydroxyl groups is 1. The van der Waals surface area contributed by atoms with Gasteiger partial charge in [-0.2, -0.15) is 4.31 Å². The third-order valence-electron chi connectivity index (χ3n) is 3.74. The maximum absolute atomic E-state index is 12.5. The van der Waals surface area contributed by atoms with E-state index in [-0.39, 0.29) is 0 Å². The first-order valence-electron chi connectivity index (χ1n) is 6.81. The molecule has 0 atom stereocenters. The van der Waals surface area contributed by atoms with Crippen molar-refractivity contribution in [2.45, 2.75) is 36.8 Å². The Morgan fingerprint density at radius 3 is 2.30 bits per heavy atom. The lowest BCUT2D eigenvalue weighted by molar-refractivity contribution is 0.0126. The smallest absolute Gasteiger partial charge is 0.243 e. The second kappa shape index (κ2) is 5.81. The Morgan fingerprint density at radius 2 is 1.80 bits per heavy atom. The molecule has 0 amide bonds. The van der Waals surface area contributed by atoms with Crippen molar-refractivity contribution in [2.75, 3.05) is 20.1 Å². The summed E-state index contributed by atoms with van der Waals surface area (Å²) in [7, 11) is -1.59. The van der Waals surface area contributed by atoms with Gasteiger partial charge in [0.2, 0.25) is 10.0 Å². The van der Waals surface area contributed by atoms with Gasteiger partial charge in [0.1, 0.15) is 0 Å². The van der Waals surface area contributed by atoms with E-state index >= 15 is 0 Å². The van der Waals surface area contributed by atoms with Gasteiger partial charge in [-0.15, -0.1) is 0 Å². The molecule has 1 aliphatic heterocycles. The molecule has 5 nitrogen and oxygen atoms in total. The van der Waals surface area contributed by atoms with E-state index in [0.717, 1.165) is 5.56 Å².